The number of para-hydroxylation sites is 1. The molecule has 21 heavy (non-hydrogen) atoms. The van der Waals surface area contributed by atoms with Crippen LogP contribution in [0.25, 0.3) is 0 Å². The summed E-state index contributed by atoms with van der Waals surface area (Å²) in [5.74, 6) is 1.53. The van der Waals surface area contributed by atoms with Crippen molar-refractivity contribution in [3.05, 3.63) is 52.5 Å². The number of halogens is 1. The molecule has 0 spiro atoms. The minimum Gasteiger partial charge on any atom is -0.495 e. The van der Waals surface area contributed by atoms with Gasteiger partial charge in [0.2, 0.25) is 5.78 Å². The smallest absolute Gasteiger partial charge is 0.203 e. The minimum atomic E-state index is -0.168. The molecule has 0 aliphatic heterocycles. The fourth-order valence-electron chi connectivity index (χ4n) is 1.86. The third kappa shape index (κ3) is 3.55. The molecule has 0 saturated carbocycles. The molecule has 0 atom stereocenters. The van der Waals surface area contributed by atoms with E-state index >= 15 is 0 Å². The fraction of sp³-hybridized carbons (Fsp3) is 0.188. The predicted molar refractivity (Wildman–Crippen MR) is 83.5 cm³/mol. The van der Waals surface area contributed by atoms with Crippen molar-refractivity contribution in [2.75, 3.05) is 20.8 Å². The molecule has 2 aromatic carbocycles. The van der Waals surface area contributed by atoms with E-state index in [-0.39, 0.29) is 12.4 Å². The van der Waals surface area contributed by atoms with Crippen LogP contribution < -0.4 is 14.2 Å². The highest BCUT2D eigenvalue weighted by molar-refractivity contribution is 9.10. The Morgan fingerprint density at radius 3 is 2.38 bits per heavy atom. The normalized spacial score (nSPS) is 10.0. The van der Waals surface area contributed by atoms with Gasteiger partial charge < -0.3 is 14.2 Å². The first kappa shape index (κ1) is 15.4. The van der Waals surface area contributed by atoms with Crippen LogP contribution >= 0.6 is 15.9 Å². The number of carbonyl (C=O) groups excluding carboxylic acids is 1. The Morgan fingerprint density at radius 2 is 1.76 bits per heavy atom. The summed E-state index contributed by atoms with van der Waals surface area (Å²) in [4.78, 5) is 12.3. The number of carbonyl (C=O) groups is 1. The van der Waals surface area contributed by atoms with E-state index in [2.05, 4.69) is 15.9 Å². The van der Waals surface area contributed by atoms with Crippen molar-refractivity contribution < 1.29 is 19.0 Å². The molecule has 0 aliphatic carbocycles. The van der Waals surface area contributed by atoms with Gasteiger partial charge in [0.25, 0.3) is 0 Å². The molecule has 0 aliphatic rings. The van der Waals surface area contributed by atoms with Crippen molar-refractivity contribution in [1.29, 1.82) is 0 Å². The third-order valence-corrected chi connectivity index (χ3v) is 3.65. The van der Waals surface area contributed by atoms with Crippen LogP contribution in [0.3, 0.4) is 0 Å². The second-order valence-electron chi connectivity index (χ2n) is 4.19. The van der Waals surface area contributed by atoms with Crippen molar-refractivity contribution >= 4 is 21.7 Å². The molecule has 0 N–H and O–H groups in total. The molecule has 4 nitrogen and oxygen atoms in total. The third-order valence-electron chi connectivity index (χ3n) is 2.90. The van der Waals surface area contributed by atoms with Gasteiger partial charge in [0.1, 0.15) is 21.7 Å². The largest absolute Gasteiger partial charge is 0.495 e. The van der Waals surface area contributed by atoms with Gasteiger partial charge in [-0.3, -0.25) is 4.79 Å². The highest BCUT2D eigenvalue weighted by Gasteiger charge is 2.18. The number of hydrogen-bond acceptors (Lipinski definition) is 4. The van der Waals surface area contributed by atoms with E-state index in [0.717, 1.165) is 0 Å². The molecule has 0 saturated heterocycles. The zero-order chi connectivity index (χ0) is 15.2. The van der Waals surface area contributed by atoms with Crippen LogP contribution in [0.1, 0.15) is 10.4 Å². The predicted octanol–water partition coefficient (Wildman–Crippen LogP) is 3.73. The molecule has 110 valence electrons. The highest BCUT2D eigenvalue weighted by Crippen LogP contribution is 2.37. The molecule has 0 unspecified atom stereocenters. The van der Waals surface area contributed by atoms with Crippen LogP contribution in [0, 0.1) is 0 Å². The maximum Gasteiger partial charge on any atom is 0.203 e. The van der Waals surface area contributed by atoms with Crippen LogP contribution in [0.4, 0.5) is 0 Å². The topological polar surface area (TPSA) is 44.8 Å². The lowest BCUT2D eigenvalue weighted by molar-refractivity contribution is 0.0918. The first-order valence-electron chi connectivity index (χ1n) is 6.29. The zero-order valence-electron chi connectivity index (χ0n) is 11.8. The van der Waals surface area contributed by atoms with Crippen LogP contribution in [-0.4, -0.2) is 26.6 Å². The molecule has 0 amide bonds. The van der Waals surface area contributed by atoms with Crippen molar-refractivity contribution in [2.24, 2.45) is 0 Å². The first-order valence-corrected chi connectivity index (χ1v) is 7.08. The number of methoxy groups -OCH3 is 2. The van der Waals surface area contributed by atoms with Gasteiger partial charge in [0, 0.05) is 0 Å². The van der Waals surface area contributed by atoms with Gasteiger partial charge in [-0.25, -0.2) is 0 Å². The number of hydrogen-bond donors (Lipinski definition) is 0. The molecule has 2 aromatic rings. The van der Waals surface area contributed by atoms with E-state index in [1.54, 1.807) is 31.4 Å². The van der Waals surface area contributed by atoms with Crippen molar-refractivity contribution in [2.45, 2.75) is 0 Å². The fourth-order valence-corrected chi connectivity index (χ4v) is 2.53. The monoisotopic (exact) mass is 350 g/mol. The van der Waals surface area contributed by atoms with Crippen molar-refractivity contribution in [3.8, 4) is 17.2 Å². The molecular formula is C16H15BrO4. The van der Waals surface area contributed by atoms with Crippen LogP contribution in [0.5, 0.6) is 17.2 Å². The number of rotatable bonds is 6. The summed E-state index contributed by atoms with van der Waals surface area (Å²) in [6, 6.07) is 12.6. The molecule has 0 radical (unpaired) electrons. The average Bonchev–Trinajstić information content (AvgIpc) is 2.53. The number of ether oxygens (including phenoxy) is 3. The van der Waals surface area contributed by atoms with E-state index in [9.17, 15) is 4.79 Å². The minimum absolute atomic E-state index is 0.0564. The Morgan fingerprint density at radius 1 is 1.05 bits per heavy atom. The Balaban J connectivity index is 2.17. The van der Waals surface area contributed by atoms with Gasteiger partial charge >= 0.3 is 0 Å². The quantitative estimate of drug-likeness (QED) is 0.744. The van der Waals surface area contributed by atoms with E-state index in [0.29, 0.717) is 27.3 Å². The molecule has 5 heteroatoms. The Bertz CT molecular complexity index is 626. The van der Waals surface area contributed by atoms with Gasteiger partial charge in [-0.2, -0.15) is 0 Å². The average molecular weight is 351 g/mol. The first-order chi connectivity index (χ1) is 10.2. The van der Waals surface area contributed by atoms with Crippen molar-refractivity contribution in [3.63, 3.8) is 0 Å². The Hall–Kier alpha value is -2.01. The summed E-state index contributed by atoms with van der Waals surface area (Å²) in [5.41, 5.74) is 0.445. The van der Waals surface area contributed by atoms with Gasteiger partial charge in [0.15, 0.2) is 6.61 Å². The molecule has 2 rings (SSSR count). The lowest BCUT2D eigenvalue weighted by Gasteiger charge is -2.13. The summed E-state index contributed by atoms with van der Waals surface area (Å²) >= 11 is 3.37. The summed E-state index contributed by atoms with van der Waals surface area (Å²) in [5, 5.41) is 0. The number of Topliss-reactive ketones (excluding diaryl/α,β-unsaturated/α-hetero) is 1. The van der Waals surface area contributed by atoms with Gasteiger partial charge in [-0.05, 0) is 40.2 Å². The summed E-state index contributed by atoms with van der Waals surface area (Å²) in [6.07, 6.45) is 0. The second-order valence-corrected chi connectivity index (χ2v) is 4.98. The Kier molecular flexibility index (Phi) is 5.22. The maximum absolute atomic E-state index is 12.3. The molecule has 0 aromatic heterocycles. The summed E-state index contributed by atoms with van der Waals surface area (Å²) in [6.45, 7) is -0.0564. The maximum atomic E-state index is 12.3. The lowest BCUT2D eigenvalue weighted by atomic mass is 10.1. The van der Waals surface area contributed by atoms with E-state index in [1.807, 2.05) is 18.2 Å². The zero-order valence-corrected chi connectivity index (χ0v) is 13.3. The van der Waals surface area contributed by atoms with E-state index in [4.69, 9.17) is 14.2 Å². The SMILES string of the molecule is COc1ccc(C(=O)COc2ccccc2)c(OC)c1Br. The van der Waals surface area contributed by atoms with Crippen LogP contribution in [0.2, 0.25) is 0 Å². The Labute approximate surface area is 131 Å². The standard InChI is InChI=1S/C16H15BrO4/c1-19-14-9-8-12(16(20-2)15(14)17)13(18)10-21-11-6-4-3-5-7-11/h3-9H,10H2,1-2H3. The van der Waals surface area contributed by atoms with Gasteiger partial charge in [-0.15, -0.1) is 0 Å². The molecule has 0 bridgehead atoms. The molecule has 0 fully saturated rings. The summed E-state index contributed by atoms with van der Waals surface area (Å²) in [7, 11) is 3.06. The van der Waals surface area contributed by atoms with E-state index < -0.39 is 0 Å². The van der Waals surface area contributed by atoms with Crippen LogP contribution in [-0.2, 0) is 0 Å². The summed E-state index contributed by atoms with van der Waals surface area (Å²) < 4.78 is 16.5. The second kappa shape index (κ2) is 7.13. The van der Waals surface area contributed by atoms with Crippen molar-refractivity contribution in [1.82, 2.24) is 0 Å². The molecule has 0 heterocycles. The number of ketones is 1. The van der Waals surface area contributed by atoms with E-state index in [1.165, 1.54) is 7.11 Å². The van der Waals surface area contributed by atoms with Crippen LogP contribution in [0.15, 0.2) is 46.9 Å². The molecular weight excluding hydrogens is 336 g/mol. The van der Waals surface area contributed by atoms with Gasteiger partial charge in [-0.1, -0.05) is 18.2 Å². The lowest BCUT2D eigenvalue weighted by Crippen LogP contribution is -2.13. The van der Waals surface area contributed by atoms with Gasteiger partial charge in [0.05, 0.1) is 19.8 Å². The highest BCUT2D eigenvalue weighted by atomic mass is 79.9. The number of benzene rings is 2.